The first-order valence-corrected chi connectivity index (χ1v) is 13.3. The SMILES string of the molecule is COc1ccc(Cl)cc1S(=O)(=O)N1CCOc2ncc(C(=O)Nc3ccc(C(=O)OC(C)(C)C)cc3)cc21. The molecule has 1 amide bonds. The highest BCUT2D eigenvalue weighted by atomic mass is 35.5. The Kier molecular flexibility index (Phi) is 7.52. The zero-order chi connectivity index (χ0) is 27.7. The average molecular weight is 560 g/mol. The molecule has 2 aromatic carbocycles. The van der Waals surface area contributed by atoms with Crippen molar-refractivity contribution in [2.75, 3.05) is 29.9 Å². The van der Waals surface area contributed by atoms with Gasteiger partial charge in [-0.2, -0.15) is 0 Å². The number of fused-ring (bicyclic) bond motifs is 1. The van der Waals surface area contributed by atoms with Crippen molar-refractivity contribution in [3.63, 3.8) is 0 Å². The lowest BCUT2D eigenvalue weighted by molar-refractivity contribution is 0.00694. The Bertz CT molecular complexity index is 1490. The van der Waals surface area contributed by atoms with Crippen molar-refractivity contribution < 1.29 is 32.2 Å². The zero-order valence-corrected chi connectivity index (χ0v) is 22.7. The summed E-state index contributed by atoms with van der Waals surface area (Å²) in [5.41, 5.74) is 0.328. The van der Waals surface area contributed by atoms with E-state index in [1.165, 1.54) is 49.7 Å². The first kappa shape index (κ1) is 27.2. The quantitative estimate of drug-likeness (QED) is 0.437. The zero-order valence-electron chi connectivity index (χ0n) is 21.1. The third kappa shape index (κ3) is 5.84. The number of hydrogen-bond acceptors (Lipinski definition) is 8. The minimum absolute atomic E-state index is 0.0100. The molecule has 3 aromatic rings. The molecule has 1 aromatic heterocycles. The van der Waals surface area contributed by atoms with Crippen LogP contribution in [0.1, 0.15) is 41.5 Å². The number of sulfonamides is 1. The van der Waals surface area contributed by atoms with E-state index in [-0.39, 0.29) is 46.0 Å². The van der Waals surface area contributed by atoms with Gasteiger partial charge in [0, 0.05) is 16.9 Å². The number of carbonyl (C=O) groups excluding carboxylic acids is 2. The second-order valence-corrected chi connectivity index (χ2v) is 11.6. The lowest BCUT2D eigenvalue weighted by atomic mass is 10.1. The maximum Gasteiger partial charge on any atom is 0.338 e. The van der Waals surface area contributed by atoms with Gasteiger partial charge in [-0.15, -0.1) is 0 Å². The number of halogens is 1. The molecule has 10 nitrogen and oxygen atoms in total. The van der Waals surface area contributed by atoms with Crippen molar-refractivity contribution in [1.82, 2.24) is 4.98 Å². The third-order valence-electron chi connectivity index (χ3n) is 5.37. The van der Waals surface area contributed by atoms with Crippen LogP contribution in [0.25, 0.3) is 0 Å². The van der Waals surface area contributed by atoms with Crippen molar-refractivity contribution >= 4 is 44.9 Å². The number of esters is 1. The van der Waals surface area contributed by atoms with E-state index in [2.05, 4.69) is 10.3 Å². The number of nitrogens with zero attached hydrogens (tertiary/aromatic N) is 2. The van der Waals surface area contributed by atoms with Crippen molar-refractivity contribution in [2.45, 2.75) is 31.3 Å². The Balaban J connectivity index is 1.59. The molecule has 0 unspecified atom stereocenters. The lowest BCUT2D eigenvalue weighted by Gasteiger charge is -2.30. The third-order valence-corrected chi connectivity index (χ3v) is 7.44. The van der Waals surface area contributed by atoms with E-state index in [0.717, 1.165) is 4.31 Å². The van der Waals surface area contributed by atoms with Crippen LogP contribution in [0.3, 0.4) is 0 Å². The summed E-state index contributed by atoms with van der Waals surface area (Å²) in [6.45, 7) is 5.38. The fourth-order valence-corrected chi connectivity index (χ4v) is 5.51. The van der Waals surface area contributed by atoms with E-state index in [4.69, 9.17) is 25.8 Å². The molecule has 0 atom stereocenters. The van der Waals surface area contributed by atoms with E-state index in [9.17, 15) is 18.0 Å². The van der Waals surface area contributed by atoms with E-state index in [1.807, 2.05) is 0 Å². The highest BCUT2D eigenvalue weighted by molar-refractivity contribution is 7.93. The van der Waals surface area contributed by atoms with Gasteiger partial charge in [0.25, 0.3) is 15.9 Å². The molecular formula is C26H26ClN3O7S. The van der Waals surface area contributed by atoms with Gasteiger partial charge in [0.1, 0.15) is 28.5 Å². The van der Waals surface area contributed by atoms with Crippen LogP contribution >= 0.6 is 11.6 Å². The van der Waals surface area contributed by atoms with Crippen LogP contribution < -0.4 is 19.1 Å². The maximum atomic E-state index is 13.6. The van der Waals surface area contributed by atoms with Gasteiger partial charge in [0.2, 0.25) is 5.88 Å². The topological polar surface area (TPSA) is 124 Å². The van der Waals surface area contributed by atoms with Crippen molar-refractivity contribution in [2.24, 2.45) is 0 Å². The summed E-state index contributed by atoms with van der Waals surface area (Å²) in [6.07, 6.45) is 1.29. The Morgan fingerprint density at radius 2 is 1.79 bits per heavy atom. The molecule has 0 radical (unpaired) electrons. The summed E-state index contributed by atoms with van der Waals surface area (Å²) in [7, 11) is -2.78. The van der Waals surface area contributed by atoms with Gasteiger partial charge in [0.05, 0.1) is 24.8 Å². The number of ether oxygens (including phenoxy) is 3. The largest absolute Gasteiger partial charge is 0.495 e. The summed E-state index contributed by atoms with van der Waals surface area (Å²) in [6, 6.07) is 11.9. The monoisotopic (exact) mass is 559 g/mol. The summed E-state index contributed by atoms with van der Waals surface area (Å²) in [5, 5.41) is 2.94. The smallest absolute Gasteiger partial charge is 0.338 e. The Hall–Kier alpha value is -3.83. The van der Waals surface area contributed by atoms with E-state index >= 15 is 0 Å². The first-order valence-electron chi connectivity index (χ1n) is 11.5. The molecule has 0 fully saturated rings. The van der Waals surface area contributed by atoms with Crippen molar-refractivity contribution in [3.05, 3.63) is 70.9 Å². The molecular weight excluding hydrogens is 534 g/mol. The summed E-state index contributed by atoms with van der Waals surface area (Å²) < 4.78 is 44.4. The highest BCUT2D eigenvalue weighted by Crippen LogP contribution is 2.37. The molecule has 0 aliphatic carbocycles. The standard InChI is InChI=1S/C26H26ClN3O7S/c1-26(2,3)37-25(32)16-5-8-19(9-6-16)29-23(31)17-13-20-24(28-15-17)36-12-11-30(20)38(33,34)22-14-18(27)7-10-21(22)35-4/h5-10,13-15H,11-12H2,1-4H3,(H,29,31). The van der Waals surface area contributed by atoms with Gasteiger partial charge in [0.15, 0.2) is 0 Å². The van der Waals surface area contributed by atoms with Gasteiger partial charge in [-0.05, 0) is 69.3 Å². The molecule has 1 aliphatic heterocycles. The fourth-order valence-electron chi connectivity index (χ4n) is 3.65. The molecule has 0 spiro atoms. The normalized spacial score (nSPS) is 13.2. The van der Waals surface area contributed by atoms with E-state index in [1.54, 1.807) is 32.9 Å². The molecule has 38 heavy (non-hydrogen) atoms. The lowest BCUT2D eigenvalue weighted by Crippen LogP contribution is -2.38. The van der Waals surface area contributed by atoms with Crippen LogP contribution in [0.4, 0.5) is 11.4 Å². The van der Waals surface area contributed by atoms with E-state index in [0.29, 0.717) is 11.3 Å². The predicted molar refractivity (Wildman–Crippen MR) is 142 cm³/mol. The van der Waals surface area contributed by atoms with Crippen LogP contribution in [-0.4, -0.2) is 51.1 Å². The second kappa shape index (κ2) is 10.5. The first-order chi connectivity index (χ1) is 17.9. The van der Waals surface area contributed by atoms with Crippen molar-refractivity contribution in [3.8, 4) is 11.6 Å². The van der Waals surface area contributed by atoms with Gasteiger partial charge in [-0.3, -0.25) is 9.10 Å². The number of hydrogen-bond donors (Lipinski definition) is 1. The summed E-state index contributed by atoms with van der Waals surface area (Å²) in [4.78, 5) is 29.3. The molecule has 200 valence electrons. The van der Waals surface area contributed by atoms with Crippen LogP contribution in [-0.2, 0) is 14.8 Å². The van der Waals surface area contributed by atoms with E-state index < -0.39 is 27.5 Å². The molecule has 12 heteroatoms. The van der Waals surface area contributed by atoms with Gasteiger partial charge >= 0.3 is 5.97 Å². The number of rotatable bonds is 6. The number of benzene rings is 2. The number of anilines is 2. The van der Waals surface area contributed by atoms with Crippen molar-refractivity contribution in [1.29, 1.82) is 0 Å². The molecule has 4 rings (SSSR count). The highest BCUT2D eigenvalue weighted by Gasteiger charge is 2.34. The number of aromatic nitrogens is 1. The van der Waals surface area contributed by atoms with Gasteiger partial charge in [-0.1, -0.05) is 11.6 Å². The number of pyridine rings is 1. The molecule has 2 heterocycles. The molecule has 0 bridgehead atoms. The molecule has 0 saturated heterocycles. The minimum Gasteiger partial charge on any atom is -0.495 e. The van der Waals surface area contributed by atoms with Gasteiger partial charge in [-0.25, -0.2) is 18.2 Å². The number of carbonyl (C=O) groups is 2. The summed E-state index contributed by atoms with van der Waals surface area (Å²) >= 11 is 6.06. The van der Waals surface area contributed by atoms with Gasteiger partial charge < -0.3 is 19.5 Å². The summed E-state index contributed by atoms with van der Waals surface area (Å²) in [5.74, 6) is -0.821. The number of nitrogens with one attached hydrogen (secondary N) is 1. The van der Waals surface area contributed by atoms with Crippen LogP contribution in [0.5, 0.6) is 11.6 Å². The Labute approximate surface area is 225 Å². The fraction of sp³-hybridized carbons (Fsp3) is 0.269. The molecule has 0 saturated carbocycles. The second-order valence-electron chi connectivity index (χ2n) is 9.30. The Morgan fingerprint density at radius 1 is 1.08 bits per heavy atom. The number of amides is 1. The number of methoxy groups -OCH3 is 1. The maximum absolute atomic E-state index is 13.6. The average Bonchev–Trinajstić information content (AvgIpc) is 2.87. The van der Waals surface area contributed by atoms with Crippen LogP contribution in [0.2, 0.25) is 5.02 Å². The van der Waals surface area contributed by atoms with Crippen LogP contribution in [0.15, 0.2) is 59.6 Å². The Morgan fingerprint density at radius 3 is 2.45 bits per heavy atom. The minimum atomic E-state index is -4.14. The molecule has 1 aliphatic rings. The van der Waals surface area contributed by atoms with Crippen LogP contribution in [0, 0.1) is 0 Å². The predicted octanol–water partition coefficient (Wildman–Crippen LogP) is 4.54. The molecule has 1 N–H and O–H groups in total.